The first-order valence-electron chi connectivity index (χ1n) is 7.11. The molecular weight excluding hydrogens is 336 g/mol. The molecule has 1 aliphatic carbocycles. The van der Waals surface area contributed by atoms with E-state index in [2.05, 4.69) is 0 Å². The van der Waals surface area contributed by atoms with Crippen molar-refractivity contribution in [2.45, 2.75) is 23.0 Å². The van der Waals surface area contributed by atoms with Gasteiger partial charge in [-0.1, -0.05) is 41.4 Å². The van der Waals surface area contributed by atoms with Crippen LogP contribution < -0.4 is 0 Å². The van der Waals surface area contributed by atoms with Crippen molar-refractivity contribution >= 4 is 27.4 Å². The summed E-state index contributed by atoms with van der Waals surface area (Å²) in [6, 6.07) is 13.1. The van der Waals surface area contributed by atoms with Crippen LogP contribution in [0.3, 0.4) is 0 Å². The highest BCUT2D eigenvalue weighted by molar-refractivity contribution is 7.92. The molecule has 2 aromatic rings. The standard InChI is InChI=1S/C17H15ClO4S/c1-10-2-4-11(5-3-10)14-15(17(19)20)16(14)23(21,22)13-8-6-12(18)7-9-13/h2-9,14-16H,1H3,(H,19,20). The highest BCUT2D eigenvalue weighted by Gasteiger charge is 2.63. The number of halogens is 1. The molecule has 0 radical (unpaired) electrons. The Kier molecular flexibility index (Phi) is 3.94. The van der Waals surface area contributed by atoms with Crippen molar-refractivity contribution in [1.82, 2.24) is 0 Å². The summed E-state index contributed by atoms with van der Waals surface area (Å²) in [6.45, 7) is 1.92. The minimum absolute atomic E-state index is 0.104. The van der Waals surface area contributed by atoms with Crippen molar-refractivity contribution in [1.29, 1.82) is 0 Å². The third-order valence-electron chi connectivity index (χ3n) is 4.20. The molecule has 0 aliphatic heterocycles. The van der Waals surface area contributed by atoms with Gasteiger partial charge in [0.15, 0.2) is 9.84 Å². The van der Waals surface area contributed by atoms with Crippen LogP contribution in [0, 0.1) is 12.8 Å². The van der Waals surface area contributed by atoms with E-state index in [1.807, 2.05) is 19.1 Å². The number of rotatable bonds is 4. The van der Waals surface area contributed by atoms with Crippen LogP contribution in [-0.4, -0.2) is 24.7 Å². The molecule has 1 saturated carbocycles. The zero-order chi connectivity index (χ0) is 16.8. The van der Waals surface area contributed by atoms with Crippen molar-refractivity contribution in [3.63, 3.8) is 0 Å². The molecule has 4 nitrogen and oxygen atoms in total. The summed E-state index contributed by atoms with van der Waals surface area (Å²) in [5, 5.41) is 8.87. The molecule has 0 aromatic heterocycles. The van der Waals surface area contributed by atoms with E-state index in [0.717, 1.165) is 11.1 Å². The smallest absolute Gasteiger partial charge is 0.308 e. The van der Waals surface area contributed by atoms with Crippen molar-refractivity contribution < 1.29 is 18.3 Å². The lowest BCUT2D eigenvalue weighted by atomic mass is 10.1. The van der Waals surface area contributed by atoms with Crippen LogP contribution in [0.25, 0.3) is 0 Å². The number of hydrogen-bond acceptors (Lipinski definition) is 3. The maximum absolute atomic E-state index is 12.8. The summed E-state index contributed by atoms with van der Waals surface area (Å²) in [4.78, 5) is 11.6. The Bertz CT molecular complexity index is 841. The first-order chi connectivity index (χ1) is 10.8. The number of carboxylic acid groups (broad SMARTS) is 1. The van der Waals surface area contributed by atoms with Crippen LogP contribution in [0.4, 0.5) is 0 Å². The fourth-order valence-electron chi connectivity index (χ4n) is 2.93. The van der Waals surface area contributed by atoms with E-state index in [-0.39, 0.29) is 4.90 Å². The lowest BCUT2D eigenvalue weighted by molar-refractivity contribution is -0.138. The van der Waals surface area contributed by atoms with Gasteiger partial charge in [0.25, 0.3) is 0 Å². The highest BCUT2D eigenvalue weighted by atomic mass is 35.5. The summed E-state index contributed by atoms with van der Waals surface area (Å²) >= 11 is 5.79. The van der Waals surface area contributed by atoms with Gasteiger partial charge in [0.1, 0.15) is 0 Å². The van der Waals surface area contributed by atoms with Gasteiger partial charge in [0.05, 0.1) is 16.1 Å². The maximum Gasteiger partial charge on any atom is 0.308 e. The number of hydrogen-bond donors (Lipinski definition) is 1. The van der Waals surface area contributed by atoms with Gasteiger partial charge in [0.2, 0.25) is 0 Å². The molecule has 0 heterocycles. The normalized spacial score (nSPS) is 23.5. The molecule has 23 heavy (non-hydrogen) atoms. The molecule has 0 spiro atoms. The summed E-state index contributed by atoms with van der Waals surface area (Å²) in [5.74, 6) is -2.52. The molecule has 2 aromatic carbocycles. The van der Waals surface area contributed by atoms with Crippen LogP contribution in [0.2, 0.25) is 5.02 Å². The number of carboxylic acids is 1. The van der Waals surface area contributed by atoms with Crippen LogP contribution in [-0.2, 0) is 14.6 Å². The number of benzene rings is 2. The molecule has 6 heteroatoms. The Morgan fingerprint density at radius 3 is 2.13 bits per heavy atom. The summed E-state index contributed by atoms with van der Waals surface area (Å²) in [6.07, 6.45) is 0. The van der Waals surface area contributed by atoms with Gasteiger partial charge < -0.3 is 5.11 Å². The SMILES string of the molecule is Cc1ccc(C2C(C(=O)O)C2S(=O)(=O)c2ccc(Cl)cc2)cc1. The minimum Gasteiger partial charge on any atom is -0.481 e. The number of sulfone groups is 1. The van der Waals surface area contributed by atoms with Crippen LogP contribution >= 0.6 is 11.6 Å². The largest absolute Gasteiger partial charge is 0.481 e. The Hall–Kier alpha value is -1.85. The van der Waals surface area contributed by atoms with Crippen LogP contribution in [0.5, 0.6) is 0 Å². The van der Waals surface area contributed by atoms with E-state index in [1.54, 1.807) is 12.1 Å². The van der Waals surface area contributed by atoms with Gasteiger partial charge in [-0.15, -0.1) is 0 Å². The van der Waals surface area contributed by atoms with Crippen molar-refractivity contribution in [2.24, 2.45) is 5.92 Å². The van der Waals surface area contributed by atoms with Crippen molar-refractivity contribution in [2.75, 3.05) is 0 Å². The summed E-state index contributed by atoms with van der Waals surface area (Å²) in [7, 11) is -3.72. The number of aliphatic carboxylic acids is 1. The van der Waals surface area contributed by atoms with Crippen LogP contribution in [0.15, 0.2) is 53.4 Å². The molecule has 0 amide bonds. The van der Waals surface area contributed by atoms with Gasteiger partial charge in [-0.3, -0.25) is 4.79 Å². The first-order valence-corrected chi connectivity index (χ1v) is 9.03. The summed E-state index contributed by atoms with van der Waals surface area (Å²) in [5.41, 5.74) is 1.78. The first kappa shape index (κ1) is 16.0. The average Bonchev–Trinajstić information content (AvgIpc) is 3.25. The van der Waals surface area contributed by atoms with Crippen molar-refractivity contribution in [3.8, 4) is 0 Å². The average molecular weight is 351 g/mol. The monoisotopic (exact) mass is 350 g/mol. The lowest BCUT2D eigenvalue weighted by Gasteiger charge is -2.04. The topological polar surface area (TPSA) is 71.4 Å². The van der Waals surface area contributed by atoms with E-state index in [0.29, 0.717) is 5.02 Å². The van der Waals surface area contributed by atoms with Gasteiger partial charge >= 0.3 is 5.97 Å². The van der Waals surface area contributed by atoms with E-state index in [4.69, 9.17) is 11.6 Å². The van der Waals surface area contributed by atoms with Gasteiger partial charge in [-0.05, 0) is 36.8 Å². The Morgan fingerprint density at radius 1 is 1.04 bits per heavy atom. The minimum atomic E-state index is -3.72. The molecule has 1 N–H and O–H groups in total. The number of carbonyl (C=O) groups is 1. The molecule has 1 aliphatic rings. The fraction of sp³-hybridized carbons (Fsp3) is 0.235. The second-order valence-corrected chi connectivity index (χ2v) is 8.31. The third-order valence-corrected chi connectivity index (χ3v) is 6.69. The zero-order valence-electron chi connectivity index (χ0n) is 12.3. The zero-order valence-corrected chi connectivity index (χ0v) is 13.9. The molecule has 3 rings (SSSR count). The summed E-state index contributed by atoms with van der Waals surface area (Å²) < 4.78 is 25.5. The molecular formula is C17H15ClO4S. The third kappa shape index (κ3) is 2.86. The van der Waals surface area contributed by atoms with Gasteiger partial charge in [0, 0.05) is 10.9 Å². The van der Waals surface area contributed by atoms with E-state index >= 15 is 0 Å². The predicted molar refractivity (Wildman–Crippen MR) is 87.5 cm³/mol. The quantitative estimate of drug-likeness (QED) is 0.918. The second kappa shape index (κ2) is 5.65. The van der Waals surface area contributed by atoms with Crippen LogP contribution in [0.1, 0.15) is 17.0 Å². The second-order valence-electron chi connectivity index (χ2n) is 5.76. The van der Waals surface area contributed by atoms with E-state index in [9.17, 15) is 18.3 Å². The molecule has 0 bridgehead atoms. The van der Waals surface area contributed by atoms with Gasteiger partial charge in [-0.25, -0.2) is 8.42 Å². The van der Waals surface area contributed by atoms with E-state index in [1.165, 1.54) is 24.3 Å². The lowest BCUT2D eigenvalue weighted by Crippen LogP contribution is -2.13. The Balaban J connectivity index is 1.98. The Labute approximate surface area is 139 Å². The predicted octanol–water partition coefficient (Wildman–Crippen LogP) is 3.29. The van der Waals surface area contributed by atoms with E-state index < -0.39 is 32.9 Å². The molecule has 120 valence electrons. The fourth-order valence-corrected chi connectivity index (χ4v) is 5.18. The number of aryl methyl sites for hydroxylation is 1. The maximum atomic E-state index is 12.8. The van der Waals surface area contributed by atoms with Crippen molar-refractivity contribution in [3.05, 3.63) is 64.7 Å². The highest BCUT2D eigenvalue weighted by Crippen LogP contribution is 2.54. The molecule has 1 fully saturated rings. The molecule has 0 saturated heterocycles. The molecule has 3 unspecified atom stereocenters. The molecule has 3 atom stereocenters. The van der Waals surface area contributed by atoms with Gasteiger partial charge in [-0.2, -0.15) is 0 Å². The Morgan fingerprint density at radius 2 is 1.61 bits per heavy atom.